The van der Waals surface area contributed by atoms with Crippen LogP contribution in [0.15, 0.2) is 42.6 Å². The van der Waals surface area contributed by atoms with Crippen molar-refractivity contribution in [2.24, 2.45) is 0 Å². The van der Waals surface area contributed by atoms with Gasteiger partial charge in [0.25, 0.3) is 0 Å². The van der Waals surface area contributed by atoms with Crippen molar-refractivity contribution in [3.63, 3.8) is 0 Å². The van der Waals surface area contributed by atoms with Crippen LogP contribution in [0.25, 0.3) is 0 Å². The Morgan fingerprint density at radius 3 is 2.56 bits per heavy atom. The molecule has 0 radical (unpaired) electrons. The number of rotatable bonds is 4. The molecule has 1 aromatic carbocycles. The van der Waals surface area contributed by atoms with Gasteiger partial charge in [-0.3, -0.25) is 4.98 Å². The van der Waals surface area contributed by atoms with Crippen LogP contribution < -0.4 is 0 Å². The Balaban J connectivity index is 2.41. The van der Waals surface area contributed by atoms with Crippen molar-refractivity contribution < 1.29 is 15.3 Å². The Morgan fingerprint density at radius 2 is 1.94 bits per heavy atom. The zero-order chi connectivity index (χ0) is 13.0. The van der Waals surface area contributed by atoms with Crippen molar-refractivity contribution in [2.45, 2.75) is 12.3 Å². The lowest BCUT2D eigenvalue weighted by Crippen LogP contribution is -2.05. The van der Waals surface area contributed by atoms with Crippen LogP contribution >= 0.6 is 0 Å². The number of hydrogen-bond acceptors (Lipinski definition) is 4. The standard InChI is InChI=1S/C14H15NO3/c16-8-6-11(13-3-1-2-7-15-13)12-5-4-10(17)9-14(12)18/h1-5,7,9,11,16-18H,6,8H2. The molecule has 0 fully saturated rings. The molecule has 18 heavy (non-hydrogen) atoms. The molecule has 1 heterocycles. The van der Waals surface area contributed by atoms with Crippen molar-refractivity contribution in [1.82, 2.24) is 4.98 Å². The van der Waals surface area contributed by atoms with Crippen LogP contribution in [0, 0.1) is 0 Å². The number of phenolic OH excluding ortho intramolecular Hbond substituents is 2. The fraction of sp³-hybridized carbons (Fsp3) is 0.214. The fourth-order valence-electron chi connectivity index (χ4n) is 2.00. The number of benzene rings is 1. The summed E-state index contributed by atoms with van der Waals surface area (Å²) in [6.45, 7) is 0.00155. The molecule has 1 aromatic heterocycles. The first-order valence-corrected chi connectivity index (χ1v) is 5.76. The molecule has 0 aliphatic carbocycles. The summed E-state index contributed by atoms with van der Waals surface area (Å²) in [7, 11) is 0. The van der Waals surface area contributed by atoms with Crippen LogP contribution in [-0.2, 0) is 0 Å². The third kappa shape index (κ3) is 2.60. The second kappa shape index (κ2) is 5.51. The second-order valence-electron chi connectivity index (χ2n) is 4.06. The zero-order valence-electron chi connectivity index (χ0n) is 9.82. The van der Waals surface area contributed by atoms with Crippen LogP contribution in [0.3, 0.4) is 0 Å². The molecule has 2 rings (SSSR count). The van der Waals surface area contributed by atoms with E-state index in [0.29, 0.717) is 12.0 Å². The minimum absolute atomic E-state index is 0.00155. The van der Waals surface area contributed by atoms with Crippen molar-refractivity contribution in [1.29, 1.82) is 0 Å². The van der Waals surface area contributed by atoms with E-state index in [1.807, 2.05) is 18.2 Å². The molecule has 4 nitrogen and oxygen atoms in total. The van der Waals surface area contributed by atoms with E-state index in [1.165, 1.54) is 12.1 Å². The minimum atomic E-state index is -0.184. The Labute approximate surface area is 105 Å². The molecule has 1 unspecified atom stereocenters. The topological polar surface area (TPSA) is 73.6 Å². The maximum absolute atomic E-state index is 9.88. The molecule has 1 atom stereocenters. The Hall–Kier alpha value is -2.07. The normalized spacial score (nSPS) is 12.3. The van der Waals surface area contributed by atoms with Crippen molar-refractivity contribution >= 4 is 0 Å². The van der Waals surface area contributed by atoms with E-state index in [0.717, 1.165) is 5.69 Å². The van der Waals surface area contributed by atoms with Crippen molar-refractivity contribution in [2.75, 3.05) is 6.61 Å². The van der Waals surface area contributed by atoms with Gasteiger partial charge in [-0.2, -0.15) is 0 Å². The monoisotopic (exact) mass is 245 g/mol. The molecule has 3 N–H and O–H groups in total. The van der Waals surface area contributed by atoms with Gasteiger partial charge in [-0.15, -0.1) is 0 Å². The van der Waals surface area contributed by atoms with Gasteiger partial charge in [0.15, 0.2) is 0 Å². The van der Waals surface area contributed by atoms with Crippen LogP contribution in [-0.4, -0.2) is 26.9 Å². The lowest BCUT2D eigenvalue weighted by atomic mass is 9.91. The number of aliphatic hydroxyl groups excluding tert-OH is 1. The summed E-state index contributed by atoms with van der Waals surface area (Å²) in [5, 5.41) is 28.3. The number of aromatic nitrogens is 1. The maximum atomic E-state index is 9.88. The average molecular weight is 245 g/mol. The highest BCUT2D eigenvalue weighted by Crippen LogP contribution is 2.34. The number of nitrogens with zero attached hydrogens (tertiary/aromatic N) is 1. The highest BCUT2D eigenvalue weighted by molar-refractivity contribution is 5.43. The van der Waals surface area contributed by atoms with Gasteiger partial charge < -0.3 is 15.3 Å². The molecular weight excluding hydrogens is 230 g/mol. The minimum Gasteiger partial charge on any atom is -0.508 e. The second-order valence-corrected chi connectivity index (χ2v) is 4.06. The van der Waals surface area contributed by atoms with Gasteiger partial charge in [0.2, 0.25) is 0 Å². The highest BCUT2D eigenvalue weighted by Gasteiger charge is 2.18. The Kier molecular flexibility index (Phi) is 3.79. The molecular formula is C14H15NO3. The molecule has 2 aromatic rings. The largest absolute Gasteiger partial charge is 0.508 e. The summed E-state index contributed by atoms with van der Waals surface area (Å²) < 4.78 is 0. The molecule has 0 spiro atoms. The highest BCUT2D eigenvalue weighted by atomic mass is 16.3. The molecule has 0 saturated heterocycles. The summed E-state index contributed by atoms with van der Waals surface area (Å²) >= 11 is 0. The number of hydrogen-bond donors (Lipinski definition) is 3. The first kappa shape index (κ1) is 12.4. The Bertz CT molecular complexity index is 514. The Morgan fingerprint density at radius 1 is 1.11 bits per heavy atom. The van der Waals surface area contributed by atoms with Crippen LogP contribution in [0.5, 0.6) is 11.5 Å². The molecule has 94 valence electrons. The molecule has 0 aliphatic rings. The van der Waals surface area contributed by atoms with Gasteiger partial charge in [0, 0.05) is 36.0 Å². The van der Waals surface area contributed by atoms with Crippen LogP contribution in [0.1, 0.15) is 23.6 Å². The van der Waals surface area contributed by atoms with E-state index in [2.05, 4.69) is 4.98 Å². The molecule has 0 saturated carbocycles. The zero-order valence-corrected chi connectivity index (χ0v) is 9.82. The fourth-order valence-corrected chi connectivity index (χ4v) is 2.00. The molecule has 0 aliphatic heterocycles. The van der Waals surface area contributed by atoms with Gasteiger partial charge >= 0.3 is 0 Å². The van der Waals surface area contributed by atoms with E-state index >= 15 is 0 Å². The summed E-state index contributed by atoms with van der Waals surface area (Å²) in [6.07, 6.45) is 2.15. The smallest absolute Gasteiger partial charge is 0.123 e. The average Bonchev–Trinajstić information content (AvgIpc) is 2.38. The summed E-state index contributed by atoms with van der Waals surface area (Å²) in [4.78, 5) is 4.25. The van der Waals surface area contributed by atoms with E-state index in [1.54, 1.807) is 12.3 Å². The third-order valence-electron chi connectivity index (χ3n) is 2.85. The lowest BCUT2D eigenvalue weighted by molar-refractivity contribution is 0.280. The maximum Gasteiger partial charge on any atom is 0.123 e. The quantitative estimate of drug-likeness (QED) is 0.770. The van der Waals surface area contributed by atoms with E-state index in [4.69, 9.17) is 5.11 Å². The first-order valence-electron chi connectivity index (χ1n) is 5.76. The first-order chi connectivity index (χ1) is 8.72. The van der Waals surface area contributed by atoms with Crippen molar-refractivity contribution in [3.05, 3.63) is 53.9 Å². The van der Waals surface area contributed by atoms with Crippen LogP contribution in [0.2, 0.25) is 0 Å². The van der Waals surface area contributed by atoms with Gasteiger partial charge in [-0.05, 0) is 24.6 Å². The summed E-state index contributed by atoms with van der Waals surface area (Å²) in [6, 6.07) is 10.00. The van der Waals surface area contributed by atoms with E-state index in [9.17, 15) is 10.2 Å². The lowest BCUT2D eigenvalue weighted by Gasteiger charge is -2.17. The SMILES string of the molecule is OCCC(c1ccccn1)c1ccc(O)cc1O. The van der Waals surface area contributed by atoms with E-state index < -0.39 is 0 Å². The number of phenols is 2. The number of aliphatic hydroxyl groups is 1. The summed E-state index contributed by atoms with van der Waals surface area (Å²) in [5.74, 6) is -0.157. The number of pyridine rings is 1. The van der Waals surface area contributed by atoms with Crippen LogP contribution in [0.4, 0.5) is 0 Å². The van der Waals surface area contributed by atoms with Gasteiger partial charge in [-0.25, -0.2) is 0 Å². The molecule has 0 amide bonds. The summed E-state index contributed by atoms with van der Waals surface area (Å²) in [5.41, 5.74) is 1.44. The number of aromatic hydroxyl groups is 2. The van der Waals surface area contributed by atoms with Gasteiger partial charge in [0.05, 0.1) is 0 Å². The van der Waals surface area contributed by atoms with Gasteiger partial charge in [0.1, 0.15) is 11.5 Å². The van der Waals surface area contributed by atoms with Crippen molar-refractivity contribution in [3.8, 4) is 11.5 Å². The molecule has 0 bridgehead atoms. The van der Waals surface area contributed by atoms with E-state index in [-0.39, 0.29) is 24.0 Å². The molecule has 4 heteroatoms. The van der Waals surface area contributed by atoms with Gasteiger partial charge in [-0.1, -0.05) is 12.1 Å². The predicted molar refractivity (Wildman–Crippen MR) is 67.6 cm³/mol. The third-order valence-corrected chi connectivity index (χ3v) is 2.85. The predicted octanol–water partition coefficient (Wildman–Crippen LogP) is 2.01.